The summed E-state index contributed by atoms with van der Waals surface area (Å²) in [6.07, 6.45) is -3.12. The van der Waals surface area contributed by atoms with Gasteiger partial charge in [-0.2, -0.15) is 13.2 Å². The van der Waals surface area contributed by atoms with Crippen LogP contribution in [-0.2, 0) is 17.4 Å². The molecule has 0 bridgehead atoms. The number of nitrogens with one attached hydrogen (secondary N) is 3. The Hall–Kier alpha value is -3.67. The highest BCUT2D eigenvalue weighted by molar-refractivity contribution is 7.14. The maximum absolute atomic E-state index is 12.5. The Morgan fingerprint density at radius 3 is 2.38 bits per heavy atom. The maximum atomic E-state index is 12.5. The van der Waals surface area contributed by atoms with Crippen LogP contribution in [0.2, 0.25) is 0 Å². The number of amides is 3. The van der Waals surface area contributed by atoms with Crippen molar-refractivity contribution in [2.75, 3.05) is 18.4 Å². The van der Waals surface area contributed by atoms with Gasteiger partial charge >= 0.3 is 6.18 Å². The number of furan rings is 1. The van der Waals surface area contributed by atoms with E-state index in [4.69, 9.17) is 4.42 Å². The molecule has 2 aromatic heterocycles. The van der Waals surface area contributed by atoms with E-state index in [1.807, 2.05) is 0 Å². The van der Waals surface area contributed by atoms with Crippen LogP contribution in [0.15, 0.2) is 52.5 Å². The zero-order valence-electron chi connectivity index (χ0n) is 16.4. The van der Waals surface area contributed by atoms with E-state index in [0.717, 1.165) is 35.6 Å². The highest BCUT2D eigenvalue weighted by atomic mass is 32.1. The van der Waals surface area contributed by atoms with Crippen molar-refractivity contribution in [3.63, 3.8) is 0 Å². The average Bonchev–Trinajstić information content (AvgIpc) is 3.43. The first kappa shape index (κ1) is 23.0. The largest absolute Gasteiger partial charge is 0.459 e. The summed E-state index contributed by atoms with van der Waals surface area (Å²) in [6, 6.07) is 6.92. The molecule has 168 valence electrons. The van der Waals surface area contributed by atoms with Gasteiger partial charge in [-0.25, -0.2) is 4.98 Å². The Kier molecular flexibility index (Phi) is 7.25. The van der Waals surface area contributed by atoms with Crippen LogP contribution in [0.5, 0.6) is 0 Å². The molecule has 1 aromatic carbocycles. The number of benzene rings is 1. The SMILES string of the molecule is O=C(Cc1csc(NC(=O)c2ccco2)n1)NCCNC(=O)c1ccc(C(F)(F)F)cc1. The van der Waals surface area contributed by atoms with Crippen molar-refractivity contribution in [3.8, 4) is 0 Å². The molecule has 12 heteroatoms. The van der Waals surface area contributed by atoms with Gasteiger partial charge in [0.05, 0.1) is 23.9 Å². The van der Waals surface area contributed by atoms with Gasteiger partial charge in [-0.15, -0.1) is 11.3 Å². The molecule has 3 aromatic rings. The molecule has 0 aliphatic heterocycles. The summed E-state index contributed by atoms with van der Waals surface area (Å²) in [5, 5.41) is 9.62. The van der Waals surface area contributed by atoms with Gasteiger partial charge in [-0.3, -0.25) is 19.7 Å². The lowest BCUT2D eigenvalue weighted by molar-refractivity contribution is -0.137. The molecular formula is C20H17F3N4O4S. The summed E-state index contributed by atoms with van der Waals surface area (Å²) >= 11 is 1.16. The minimum absolute atomic E-state index is 0.0278. The minimum Gasteiger partial charge on any atom is -0.459 e. The Morgan fingerprint density at radius 1 is 1.00 bits per heavy atom. The van der Waals surface area contributed by atoms with Crippen molar-refractivity contribution in [1.82, 2.24) is 15.6 Å². The number of halogens is 3. The number of alkyl halides is 3. The summed E-state index contributed by atoms with van der Waals surface area (Å²) in [5.41, 5.74) is -0.306. The number of aromatic nitrogens is 1. The van der Waals surface area contributed by atoms with Gasteiger partial charge in [0.2, 0.25) is 5.91 Å². The van der Waals surface area contributed by atoms with Crippen LogP contribution in [0.1, 0.15) is 32.2 Å². The molecule has 0 aliphatic carbocycles. The van der Waals surface area contributed by atoms with Crippen LogP contribution in [0.25, 0.3) is 0 Å². The second kappa shape index (κ2) is 10.1. The average molecular weight is 466 g/mol. The van der Waals surface area contributed by atoms with Crippen molar-refractivity contribution in [2.24, 2.45) is 0 Å². The lowest BCUT2D eigenvalue weighted by Gasteiger charge is -2.09. The van der Waals surface area contributed by atoms with Gasteiger partial charge in [0.15, 0.2) is 10.9 Å². The number of anilines is 1. The summed E-state index contributed by atoms with van der Waals surface area (Å²) < 4.78 is 42.6. The third-order valence-electron chi connectivity index (χ3n) is 4.07. The Morgan fingerprint density at radius 2 is 1.72 bits per heavy atom. The van der Waals surface area contributed by atoms with Gasteiger partial charge in [0, 0.05) is 24.0 Å². The van der Waals surface area contributed by atoms with Crippen LogP contribution in [0, 0.1) is 0 Å². The molecule has 0 saturated heterocycles. The molecule has 3 amide bonds. The van der Waals surface area contributed by atoms with E-state index in [0.29, 0.717) is 10.8 Å². The van der Waals surface area contributed by atoms with E-state index < -0.39 is 23.6 Å². The standard InChI is InChI=1S/C20H17F3N4O4S/c21-20(22,23)13-5-3-12(4-6-13)17(29)25-8-7-24-16(28)10-14-11-32-19(26-14)27-18(30)15-2-1-9-31-15/h1-6,9,11H,7-8,10H2,(H,24,28)(H,25,29)(H,26,27,30). The summed E-state index contributed by atoms with van der Waals surface area (Å²) in [5.74, 6) is -1.21. The van der Waals surface area contributed by atoms with Gasteiger partial charge in [-0.1, -0.05) is 0 Å². The third-order valence-corrected chi connectivity index (χ3v) is 4.87. The first-order valence-corrected chi connectivity index (χ1v) is 10.1. The molecule has 3 rings (SSSR count). The molecule has 0 spiro atoms. The van der Waals surface area contributed by atoms with E-state index in [1.54, 1.807) is 11.4 Å². The third kappa shape index (κ3) is 6.41. The highest BCUT2D eigenvalue weighted by Gasteiger charge is 2.30. The molecule has 0 aliphatic rings. The van der Waals surface area contributed by atoms with Crippen LogP contribution in [0.4, 0.5) is 18.3 Å². The zero-order valence-corrected chi connectivity index (χ0v) is 17.2. The smallest absolute Gasteiger partial charge is 0.416 e. The number of nitrogens with zero attached hydrogens (tertiary/aromatic N) is 1. The van der Waals surface area contributed by atoms with Gasteiger partial charge < -0.3 is 15.1 Å². The van der Waals surface area contributed by atoms with E-state index in [2.05, 4.69) is 20.9 Å². The molecule has 0 radical (unpaired) electrons. The van der Waals surface area contributed by atoms with Crippen molar-refractivity contribution < 1.29 is 32.0 Å². The Balaban J connectivity index is 1.38. The molecular weight excluding hydrogens is 449 g/mol. The second-order valence-electron chi connectivity index (χ2n) is 6.43. The van der Waals surface area contributed by atoms with Crippen LogP contribution in [-0.4, -0.2) is 35.8 Å². The summed E-state index contributed by atoms with van der Waals surface area (Å²) in [7, 11) is 0. The lowest BCUT2D eigenvalue weighted by Crippen LogP contribution is -2.35. The normalized spacial score (nSPS) is 11.1. The zero-order chi connectivity index (χ0) is 23.1. The fraction of sp³-hybridized carbons (Fsp3) is 0.200. The van der Waals surface area contributed by atoms with E-state index in [9.17, 15) is 27.6 Å². The number of hydrogen-bond acceptors (Lipinski definition) is 6. The van der Waals surface area contributed by atoms with Crippen molar-refractivity contribution in [1.29, 1.82) is 0 Å². The van der Waals surface area contributed by atoms with E-state index >= 15 is 0 Å². The molecule has 0 fully saturated rings. The van der Waals surface area contributed by atoms with Gasteiger partial charge in [0.25, 0.3) is 11.8 Å². The monoisotopic (exact) mass is 466 g/mol. The van der Waals surface area contributed by atoms with Crippen LogP contribution < -0.4 is 16.0 Å². The predicted molar refractivity (Wildman–Crippen MR) is 109 cm³/mol. The summed E-state index contributed by atoms with van der Waals surface area (Å²) in [4.78, 5) is 40.0. The number of carbonyl (C=O) groups is 3. The molecule has 0 unspecified atom stereocenters. The molecule has 8 nitrogen and oxygen atoms in total. The minimum atomic E-state index is -4.47. The van der Waals surface area contributed by atoms with Crippen molar-refractivity contribution in [2.45, 2.75) is 12.6 Å². The van der Waals surface area contributed by atoms with Crippen molar-refractivity contribution >= 4 is 34.2 Å². The predicted octanol–water partition coefficient (Wildman–Crippen LogP) is 3.10. The number of rotatable bonds is 8. The maximum Gasteiger partial charge on any atom is 0.416 e. The van der Waals surface area contributed by atoms with Crippen molar-refractivity contribution in [3.05, 3.63) is 70.6 Å². The quantitative estimate of drug-likeness (QED) is 0.442. The van der Waals surface area contributed by atoms with E-state index in [1.165, 1.54) is 12.3 Å². The van der Waals surface area contributed by atoms with E-state index in [-0.39, 0.29) is 36.7 Å². The topological polar surface area (TPSA) is 113 Å². The fourth-order valence-corrected chi connectivity index (χ4v) is 3.23. The molecule has 32 heavy (non-hydrogen) atoms. The first-order valence-electron chi connectivity index (χ1n) is 9.24. The molecule has 2 heterocycles. The number of hydrogen-bond donors (Lipinski definition) is 3. The van der Waals surface area contributed by atoms with Gasteiger partial charge in [0.1, 0.15) is 0 Å². The molecule has 3 N–H and O–H groups in total. The molecule has 0 atom stereocenters. The van der Waals surface area contributed by atoms with Gasteiger partial charge in [-0.05, 0) is 36.4 Å². The fourth-order valence-electron chi connectivity index (χ4n) is 2.53. The molecule has 0 saturated carbocycles. The second-order valence-corrected chi connectivity index (χ2v) is 7.29. The Bertz CT molecular complexity index is 1080. The lowest BCUT2D eigenvalue weighted by atomic mass is 10.1. The van der Waals surface area contributed by atoms with Crippen LogP contribution >= 0.6 is 11.3 Å². The number of carbonyl (C=O) groups excluding carboxylic acids is 3. The number of thiazole rings is 1. The summed E-state index contributed by atoms with van der Waals surface area (Å²) in [6.45, 7) is 0.213. The highest BCUT2D eigenvalue weighted by Crippen LogP contribution is 2.29. The Labute approximate surface area is 183 Å². The first-order chi connectivity index (χ1) is 15.2. The van der Waals surface area contributed by atoms with Crippen LogP contribution in [0.3, 0.4) is 0 Å².